The standard InChI is InChI=1S/C21H22F4N2O3S/c22-16-11-9-15(10-12-16)13-27(14-20(28)26-17-5-1-2-6-17)31(29,30)19-8-4-3-7-18(19)21(23,24)25/h3-4,7-12,17H,1-2,5-6,13-14H2,(H,26,28). The SMILES string of the molecule is O=C(CN(Cc1ccc(F)cc1)S(=O)(=O)c1ccccc1C(F)(F)F)NC1CCCC1. The maximum Gasteiger partial charge on any atom is 0.417 e. The number of rotatable bonds is 7. The van der Waals surface area contributed by atoms with E-state index >= 15 is 0 Å². The van der Waals surface area contributed by atoms with Gasteiger partial charge in [-0.15, -0.1) is 0 Å². The molecule has 0 spiro atoms. The first-order valence-electron chi connectivity index (χ1n) is 9.77. The minimum absolute atomic E-state index is 0.0784. The lowest BCUT2D eigenvalue weighted by atomic mass is 10.2. The van der Waals surface area contributed by atoms with Gasteiger partial charge in [-0.05, 0) is 42.7 Å². The Labute approximate surface area is 178 Å². The van der Waals surface area contributed by atoms with Crippen molar-refractivity contribution in [3.05, 3.63) is 65.5 Å². The maximum atomic E-state index is 13.4. The van der Waals surface area contributed by atoms with Gasteiger partial charge in [0.25, 0.3) is 0 Å². The van der Waals surface area contributed by atoms with Crippen molar-refractivity contribution < 1.29 is 30.8 Å². The van der Waals surface area contributed by atoms with E-state index in [1.54, 1.807) is 0 Å². The van der Waals surface area contributed by atoms with Crippen LogP contribution in [-0.2, 0) is 27.5 Å². The molecule has 1 aliphatic carbocycles. The molecule has 10 heteroatoms. The Balaban J connectivity index is 1.94. The molecular weight excluding hydrogens is 436 g/mol. The number of halogens is 4. The van der Waals surface area contributed by atoms with Gasteiger partial charge < -0.3 is 5.32 Å². The fraction of sp³-hybridized carbons (Fsp3) is 0.381. The van der Waals surface area contributed by atoms with Crippen LogP contribution in [0.5, 0.6) is 0 Å². The average Bonchev–Trinajstić information content (AvgIpc) is 3.21. The molecule has 0 aromatic heterocycles. The van der Waals surface area contributed by atoms with Gasteiger partial charge in [-0.3, -0.25) is 4.79 Å². The van der Waals surface area contributed by atoms with Crippen molar-refractivity contribution in [3.63, 3.8) is 0 Å². The Morgan fingerprint density at radius 2 is 1.65 bits per heavy atom. The highest BCUT2D eigenvalue weighted by atomic mass is 32.2. The first-order valence-corrected chi connectivity index (χ1v) is 11.2. The van der Waals surface area contributed by atoms with Crippen molar-refractivity contribution in [1.29, 1.82) is 0 Å². The van der Waals surface area contributed by atoms with Gasteiger partial charge in [0.15, 0.2) is 0 Å². The monoisotopic (exact) mass is 458 g/mol. The maximum absolute atomic E-state index is 13.4. The summed E-state index contributed by atoms with van der Waals surface area (Å²) in [5, 5.41) is 2.75. The Morgan fingerprint density at radius 1 is 1.03 bits per heavy atom. The van der Waals surface area contributed by atoms with E-state index in [4.69, 9.17) is 0 Å². The summed E-state index contributed by atoms with van der Waals surface area (Å²) in [6.45, 7) is -1.03. The third-order valence-corrected chi connectivity index (χ3v) is 6.97. The molecule has 5 nitrogen and oxygen atoms in total. The fourth-order valence-electron chi connectivity index (χ4n) is 3.59. The second kappa shape index (κ2) is 9.35. The van der Waals surface area contributed by atoms with E-state index in [0.29, 0.717) is 15.9 Å². The molecule has 0 saturated heterocycles. The lowest BCUT2D eigenvalue weighted by Gasteiger charge is -2.24. The highest BCUT2D eigenvalue weighted by Gasteiger charge is 2.39. The molecule has 3 rings (SSSR count). The minimum atomic E-state index is -4.89. The van der Waals surface area contributed by atoms with Gasteiger partial charge in [-0.25, -0.2) is 12.8 Å². The number of sulfonamides is 1. The molecule has 1 aliphatic rings. The second-order valence-electron chi connectivity index (χ2n) is 7.44. The van der Waals surface area contributed by atoms with E-state index in [1.165, 1.54) is 18.2 Å². The van der Waals surface area contributed by atoms with Crippen molar-refractivity contribution in [3.8, 4) is 0 Å². The fourth-order valence-corrected chi connectivity index (χ4v) is 5.18. The lowest BCUT2D eigenvalue weighted by Crippen LogP contribution is -2.43. The normalized spacial score (nSPS) is 15.4. The molecule has 0 aliphatic heterocycles. The average molecular weight is 458 g/mol. The van der Waals surface area contributed by atoms with Crippen molar-refractivity contribution in [2.45, 2.75) is 49.3 Å². The Hall–Kier alpha value is -2.46. The van der Waals surface area contributed by atoms with E-state index in [2.05, 4.69) is 5.32 Å². The Morgan fingerprint density at radius 3 is 2.26 bits per heavy atom. The van der Waals surface area contributed by atoms with E-state index in [0.717, 1.165) is 49.9 Å². The molecule has 1 saturated carbocycles. The number of carbonyl (C=O) groups is 1. The zero-order valence-electron chi connectivity index (χ0n) is 16.5. The predicted octanol–water partition coefficient (Wildman–Crippen LogP) is 4.09. The van der Waals surface area contributed by atoms with Crippen LogP contribution in [-0.4, -0.2) is 31.2 Å². The van der Waals surface area contributed by atoms with Crippen molar-refractivity contribution in [2.24, 2.45) is 0 Å². The van der Waals surface area contributed by atoms with Crippen LogP contribution in [0.25, 0.3) is 0 Å². The number of hydrogen-bond donors (Lipinski definition) is 1. The van der Waals surface area contributed by atoms with Crippen LogP contribution < -0.4 is 5.32 Å². The molecule has 0 atom stereocenters. The van der Waals surface area contributed by atoms with Crippen LogP contribution >= 0.6 is 0 Å². The van der Waals surface area contributed by atoms with Crippen LogP contribution in [0.15, 0.2) is 53.4 Å². The molecule has 168 valence electrons. The van der Waals surface area contributed by atoms with E-state index < -0.39 is 44.9 Å². The number of nitrogens with zero attached hydrogens (tertiary/aromatic N) is 1. The molecule has 1 amide bonds. The zero-order chi connectivity index (χ0) is 22.6. The molecule has 0 heterocycles. The summed E-state index contributed by atoms with van der Waals surface area (Å²) >= 11 is 0. The number of nitrogens with one attached hydrogen (secondary N) is 1. The van der Waals surface area contributed by atoms with E-state index in [1.807, 2.05) is 0 Å². The van der Waals surface area contributed by atoms with Gasteiger partial charge in [0.1, 0.15) is 5.82 Å². The molecule has 2 aromatic carbocycles. The second-order valence-corrected chi connectivity index (χ2v) is 9.35. The van der Waals surface area contributed by atoms with Crippen LogP contribution in [0, 0.1) is 5.82 Å². The van der Waals surface area contributed by atoms with Crippen LogP contribution in [0.1, 0.15) is 36.8 Å². The highest BCUT2D eigenvalue weighted by molar-refractivity contribution is 7.89. The van der Waals surface area contributed by atoms with Crippen LogP contribution in [0.4, 0.5) is 17.6 Å². The quantitative estimate of drug-likeness (QED) is 0.636. The van der Waals surface area contributed by atoms with Gasteiger partial charge in [-0.1, -0.05) is 37.1 Å². The highest BCUT2D eigenvalue weighted by Crippen LogP contribution is 2.35. The van der Waals surface area contributed by atoms with E-state index in [9.17, 15) is 30.8 Å². The molecule has 0 radical (unpaired) electrons. The van der Waals surface area contributed by atoms with Gasteiger partial charge in [0.05, 0.1) is 17.0 Å². The van der Waals surface area contributed by atoms with Crippen LogP contribution in [0.3, 0.4) is 0 Å². The Bertz CT molecular complexity index is 1020. The largest absolute Gasteiger partial charge is 0.417 e. The van der Waals surface area contributed by atoms with Gasteiger partial charge >= 0.3 is 6.18 Å². The van der Waals surface area contributed by atoms with Gasteiger partial charge in [0, 0.05) is 12.6 Å². The zero-order valence-corrected chi connectivity index (χ0v) is 17.3. The molecule has 2 aromatic rings. The first kappa shape index (κ1) is 23.2. The van der Waals surface area contributed by atoms with Gasteiger partial charge in [-0.2, -0.15) is 17.5 Å². The molecule has 0 unspecified atom stereocenters. The van der Waals surface area contributed by atoms with Crippen molar-refractivity contribution in [2.75, 3.05) is 6.54 Å². The Kier molecular flexibility index (Phi) is 7.00. The third-order valence-electron chi connectivity index (χ3n) is 5.12. The summed E-state index contributed by atoms with van der Waals surface area (Å²) < 4.78 is 80.7. The summed E-state index contributed by atoms with van der Waals surface area (Å²) in [4.78, 5) is 11.6. The third kappa shape index (κ3) is 5.82. The summed E-state index contributed by atoms with van der Waals surface area (Å²) in [7, 11) is -4.69. The minimum Gasteiger partial charge on any atom is -0.352 e. The number of alkyl halides is 3. The van der Waals surface area contributed by atoms with E-state index in [-0.39, 0.29) is 12.6 Å². The first-order chi connectivity index (χ1) is 14.6. The molecule has 0 bridgehead atoms. The van der Waals surface area contributed by atoms with Crippen molar-refractivity contribution >= 4 is 15.9 Å². The lowest BCUT2D eigenvalue weighted by molar-refractivity contribution is -0.139. The number of benzene rings is 2. The molecular formula is C21H22F4N2O3S. The summed E-state index contributed by atoms with van der Waals surface area (Å²) in [6.07, 6.45) is -1.46. The summed E-state index contributed by atoms with van der Waals surface area (Å²) in [5.41, 5.74) is -0.974. The number of carbonyl (C=O) groups excluding carboxylic acids is 1. The van der Waals surface area contributed by atoms with Crippen molar-refractivity contribution in [1.82, 2.24) is 9.62 Å². The molecule has 1 fully saturated rings. The summed E-state index contributed by atoms with van der Waals surface area (Å²) in [5.74, 6) is -1.14. The number of hydrogen-bond acceptors (Lipinski definition) is 3. The summed E-state index contributed by atoms with van der Waals surface area (Å²) in [6, 6.07) is 8.63. The van der Waals surface area contributed by atoms with Crippen LogP contribution in [0.2, 0.25) is 0 Å². The molecule has 1 N–H and O–H groups in total. The van der Waals surface area contributed by atoms with Gasteiger partial charge in [0.2, 0.25) is 15.9 Å². The molecule has 31 heavy (non-hydrogen) atoms. The number of amides is 1. The smallest absolute Gasteiger partial charge is 0.352 e. The predicted molar refractivity (Wildman–Crippen MR) is 106 cm³/mol. The topological polar surface area (TPSA) is 66.5 Å².